The SMILES string of the molecule is CCC1(O)CCC(C)CC1C. The van der Waals surface area contributed by atoms with Crippen molar-refractivity contribution in [2.45, 2.75) is 52.1 Å². The summed E-state index contributed by atoms with van der Waals surface area (Å²) in [6.07, 6.45) is 4.33. The van der Waals surface area contributed by atoms with Gasteiger partial charge in [0.15, 0.2) is 0 Å². The lowest BCUT2D eigenvalue weighted by molar-refractivity contribution is -0.0554. The van der Waals surface area contributed by atoms with Crippen LogP contribution < -0.4 is 0 Å². The maximum absolute atomic E-state index is 10.1. The molecule has 1 saturated carbocycles. The van der Waals surface area contributed by atoms with Gasteiger partial charge in [0, 0.05) is 0 Å². The zero-order valence-electron chi connectivity index (χ0n) is 7.93. The Morgan fingerprint density at radius 2 is 2.09 bits per heavy atom. The highest BCUT2D eigenvalue weighted by Crippen LogP contribution is 2.38. The van der Waals surface area contributed by atoms with Gasteiger partial charge in [-0.3, -0.25) is 0 Å². The maximum Gasteiger partial charge on any atom is 0.0670 e. The van der Waals surface area contributed by atoms with Gasteiger partial charge in [-0.25, -0.2) is 0 Å². The van der Waals surface area contributed by atoms with E-state index in [1.807, 2.05) is 0 Å². The zero-order valence-corrected chi connectivity index (χ0v) is 7.93. The van der Waals surface area contributed by atoms with Gasteiger partial charge >= 0.3 is 0 Å². The first kappa shape index (κ1) is 9.05. The van der Waals surface area contributed by atoms with Crippen LogP contribution >= 0.6 is 0 Å². The Bertz CT molecular complexity index is 133. The third-order valence-corrected chi connectivity index (χ3v) is 3.36. The maximum atomic E-state index is 10.1. The van der Waals surface area contributed by atoms with Crippen LogP contribution in [0, 0.1) is 11.8 Å². The van der Waals surface area contributed by atoms with Gasteiger partial charge in [0.25, 0.3) is 0 Å². The van der Waals surface area contributed by atoms with Gasteiger partial charge in [-0.1, -0.05) is 20.8 Å². The first-order valence-electron chi connectivity index (χ1n) is 4.81. The Kier molecular flexibility index (Phi) is 2.58. The lowest BCUT2D eigenvalue weighted by Gasteiger charge is -2.40. The molecule has 0 spiro atoms. The molecule has 3 atom stereocenters. The van der Waals surface area contributed by atoms with Crippen LogP contribution in [0.15, 0.2) is 0 Å². The van der Waals surface area contributed by atoms with Gasteiger partial charge in [0.1, 0.15) is 0 Å². The van der Waals surface area contributed by atoms with Gasteiger partial charge < -0.3 is 5.11 Å². The summed E-state index contributed by atoms with van der Waals surface area (Å²) in [4.78, 5) is 0. The largest absolute Gasteiger partial charge is 0.390 e. The minimum atomic E-state index is -0.341. The first-order valence-corrected chi connectivity index (χ1v) is 4.81. The van der Waals surface area contributed by atoms with Crippen LogP contribution in [0.25, 0.3) is 0 Å². The normalized spacial score (nSPS) is 45.8. The van der Waals surface area contributed by atoms with Crippen LogP contribution in [0.1, 0.15) is 46.5 Å². The molecule has 0 radical (unpaired) electrons. The molecule has 0 amide bonds. The summed E-state index contributed by atoms with van der Waals surface area (Å²) in [5.74, 6) is 1.31. The monoisotopic (exact) mass is 156 g/mol. The molecule has 1 rings (SSSR count). The molecule has 0 aromatic heterocycles. The predicted molar refractivity (Wildman–Crippen MR) is 47.4 cm³/mol. The van der Waals surface area contributed by atoms with E-state index in [4.69, 9.17) is 0 Å². The fourth-order valence-corrected chi connectivity index (χ4v) is 2.21. The predicted octanol–water partition coefficient (Wildman–Crippen LogP) is 2.58. The molecule has 1 aliphatic rings. The van der Waals surface area contributed by atoms with Gasteiger partial charge in [-0.15, -0.1) is 0 Å². The number of aliphatic hydroxyl groups is 1. The molecule has 66 valence electrons. The first-order chi connectivity index (χ1) is 5.08. The molecule has 1 N–H and O–H groups in total. The third-order valence-electron chi connectivity index (χ3n) is 3.36. The smallest absolute Gasteiger partial charge is 0.0670 e. The fourth-order valence-electron chi connectivity index (χ4n) is 2.21. The second-order valence-electron chi connectivity index (χ2n) is 4.24. The van der Waals surface area contributed by atoms with E-state index in [1.54, 1.807) is 0 Å². The summed E-state index contributed by atoms with van der Waals surface area (Å²) in [5.41, 5.74) is -0.341. The van der Waals surface area contributed by atoms with E-state index in [-0.39, 0.29) is 5.60 Å². The number of rotatable bonds is 1. The van der Waals surface area contributed by atoms with Gasteiger partial charge in [0.05, 0.1) is 5.60 Å². The van der Waals surface area contributed by atoms with Crippen molar-refractivity contribution in [3.05, 3.63) is 0 Å². The fraction of sp³-hybridized carbons (Fsp3) is 1.00. The molecule has 0 heterocycles. The molecular weight excluding hydrogens is 136 g/mol. The topological polar surface area (TPSA) is 20.2 Å². The standard InChI is InChI=1S/C10H20O/c1-4-10(11)6-5-8(2)7-9(10)3/h8-9,11H,4-7H2,1-3H3. The highest BCUT2D eigenvalue weighted by Gasteiger charge is 2.36. The molecule has 11 heavy (non-hydrogen) atoms. The van der Waals surface area contributed by atoms with E-state index in [2.05, 4.69) is 20.8 Å². The molecule has 0 bridgehead atoms. The average Bonchev–Trinajstić information content (AvgIpc) is 1.98. The molecule has 1 nitrogen and oxygen atoms in total. The molecule has 1 fully saturated rings. The van der Waals surface area contributed by atoms with E-state index in [9.17, 15) is 5.11 Å². The molecular formula is C10H20O. The van der Waals surface area contributed by atoms with Crippen molar-refractivity contribution in [1.29, 1.82) is 0 Å². The van der Waals surface area contributed by atoms with E-state index in [1.165, 1.54) is 12.8 Å². The van der Waals surface area contributed by atoms with E-state index >= 15 is 0 Å². The zero-order chi connectivity index (χ0) is 8.48. The lowest BCUT2D eigenvalue weighted by atomic mass is 9.71. The Labute approximate surface area is 69.8 Å². The molecule has 0 aliphatic heterocycles. The Morgan fingerprint density at radius 3 is 2.55 bits per heavy atom. The summed E-state index contributed by atoms with van der Waals surface area (Å²) < 4.78 is 0. The van der Waals surface area contributed by atoms with E-state index in [0.717, 1.165) is 18.8 Å². The highest BCUT2D eigenvalue weighted by atomic mass is 16.3. The van der Waals surface area contributed by atoms with Gasteiger partial charge in [-0.05, 0) is 37.5 Å². The van der Waals surface area contributed by atoms with Crippen molar-refractivity contribution >= 4 is 0 Å². The van der Waals surface area contributed by atoms with E-state index < -0.39 is 0 Å². The summed E-state index contributed by atoms with van der Waals surface area (Å²) >= 11 is 0. The minimum Gasteiger partial charge on any atom is -0.390 e. The minimum absolute atomic E-state index is 0.341. The van der Waals surface area contributed by atoms with Crippen LogP contribution in [-0.4, -0.2) is 10.7 Å². The summed E-state index contributed by atoms with van der Waals surface area (Å²) in [5, 5.41) is 10.1. The van der Waals surface area contributed by atoms with Crippen molar-refractivity contribution in [2.24, 2.45) is 11.8 Å². The van der Waals surface area contributed by atoms with Crippen LogP contribution in [0.2, 0.25) is 0 Å². The highest BCUT2D eigenvalue weighted by molar-refractivity contribution is 4.88. The summed E-state index contributed by atoms with van der Waals surface area (Å²) in [7, 11) is 0. The third kappa shape index (κ3) is 1.76. The Balaban J connectivity index is 2.56. The van der Waals surface area contributed by atoms with Crippen molar-refractivity contribution < 1.29 is 5.11 Å². The summed E-state index contributed by atoms with van der Waals surface area (Å²) in [6.45, 7) is 6.55. The Hall–Kier alpha value is -0.0400. The Morgan fingerprint density at radius 1 is 1.45 bits per heavy atom. The number of hydrogen-bond acceptors (Lipinski definition) is 1. The van der Waals surface area contributed by atoms with Crippen molar-refractivity contribution in [1.82, 2.24) is 0 Å². The molecule has 1 aliphatic carbocycles. The van der Waals surface area contributed by atoms with Crippen LogP contribution in [0.5, 0.6) is 0 Å². The molecule has 1 heteroatoms. The van der Waals surface area contributed by atoms with Crippen LogP contribution in [0.4, 0.5) is 0 Å². The van der Waals surface area contributed by atoms with Crippen LogP contribution in [-0.2, 0) is 0 Å². The quantitative estimate of drug-likeness (QED) is 0.618. The lowest BCUT2D eigenvalue weighted by Crippen LogP contribution is -2.40. The molecule has 0 aromatic rings. The van der Waals surface area contributed by atoms with Gasteiger partial charge in [-0.2, -0.15) is 0 Å². The summed E-state index contributed by atoms with van der Waals surface area (Å²) in [6, 6.07) is 0. The van der Waals surface area contributed by atoms with Crippen LogP contribution in [0.3, 0.4) is 0 Å². The van der Waals surface area contributed by atoms with Crippen molar-refractivity contribution in [2.75, 3.05) is 0 Å². The number of hydrogen-bond donors (Lipinski definition) is 1. The van der Waals surface area contributed by atoms with Gasteiger partial charge in [0.2, 0.25) is 0 Å². The molecule has 0 aromatic carbocycles. The second kappa shape index (κ2) is 3.14. The average molecular weight is 156 g/mol. The molecule has 0 saturated heterocycles. The van der Waals surface area contributed by atoms with Crippen molar-refractivity contribution in [3.63, 3.8) is 0 Å². The molecule has 3 unspecified atom stereocenters. The van der Waals surface area contributed by atoms with E-state index in [0.29, 0.717) is 5.92 Å². The van der Waals surface area contributed by atoms with Crippen molar-refractivity contribution in [3.8, 4) is 0 Å². The second-order valence-corrected chi connectivity index (χ2v) is 4.24.